The minimum absolute atomic E-state index is 0.254. The van der Waals surface area contributed by atoms with Crippen LogP contribution in [0.1, 0.15) is 0 Å². The number of hydrogen-bond acceptors (Lipinski definition) is 9. The number of nitro benzene ring substituents is 2. The fourth-order valence-electron chi connectivity index (χ4n) is 4.11. The molecule has 0 bridgehead atoms. The van der Waals surface area contributed by atoms with Crippen molar-refractivity contribution in [2.75, 3.05) is 9.80 Å². The fourth-order valence-corrected chi connectivity index (χ4v) is 4.11. The summed E-state index contributed by atoms with van der Waals surface area (Å²) in [4.78, 5) is 35.8. The molecule has 0 heterocycles. The summed E-state index contributed by atoms with van der Waals surface area (Å²) in [6.07, 6.45) is -10.8. The molecule has 4 aromatic rings. The monoisotopic (exact) mass is 654 g/mol. The van der Waals surface area contributed by atoms with Gasteiger partial charge in [0, 0.05) is 12.1 Å². The third-order valence-electron chi connectivity index (χ3n) is 5.87. The maximum Gasteiger partial charge on any atom is 0.573 e. The third-order valence-corrected chi connectivity index (χ3v) is 5.87. The van der Waals surface area contributed by atoms with Crippen molar-refractivity contribution < 1.29 is 60.7 Å². The lowest BCUT2D eigenvalue weighted by molar-refractivity contribution is -0.385. The number of nitrogens with zero attached hydrogens (tertiary/aromatic N) is 4. The van der Waals surface area contributed by atoms with Crippen LogP contribution in [0.4, 0.5) is 65.3 Å². The normalized spacial score (nSPS) is 11.4. The highest BCUT2D eigenvalue weighted by atomic mass is 19.4. The smallest absolute Gasteiger partial charge is 0.505 e. The van der Waals surface area contributed by atoms with Gasteiger partial charge in [-0.25, -0.2) is 4.79 Å². The van der Waals surface area contributed by atoms with Gasteiger partial charge in [0.15, 0.2) is 11.5 Å². The number of urea groups is 1. The standard InChI is InChI=1S/C27H16F6N4O9/c28-26(29,30)45-23-7-3-1-5-19(23)35(20-6-2-4-8-24(20)46-27(31,32)33)25(40)34(17-11-9-15(36(41)42)13-21(17)38)18-12-10-16(37(43)44)14-22(18)39/h1-14,38-39H. The third kappa shape index (κ3) is 7.26. The number of phenolic OH excluding ortho intramolecular Hbond substituents is 2. The van der Waals surface area contributed by atoms with E-state index in [2.05, 4.69) is 9.47 Å². The van der Waals surface area contributed by atoms with E-state index in [1.54, 1.807) is 0 Å². The van der Waals surface area contributed by atoms with Gasteiger partial charge in [-0.15, -0.1) is 26.3 Å². The van der Waals surface area contributed by atoms with Crippen LogP contribution in [0.5, 0.6) is 23.0 Å². The Bertz CT molecular complexity index is 1690. The molecule has 0 aromatic heterocycles. The molecule has 0 fully saturated rings. The van der Waals surface area contributed by atoms with Crippen molar-refractivity contribution in [2.24, 2.45) is 0 Å². The Morgan fingerprint density at radius 2 is 0.957 bits per heavy atom. The summed E-state index contributed by atoms with van der Waals surface area (Å²) in [7, 11) is 0. The lowest BCUT2D eigenvalue weighted by Crippen LogP contribution is -2.39. The van der Waals surface area contributed by atoms with E-state index in [1.807, 2.05) is 0 Å². The van der Waals surface area contributed by atoms with E-state index in [-0.39, 0.29) is 4.90 Å². The summed E-state index contributed by atoms with van der Waals surface area (Å²) in [6.45, 7) is 0. The second-order valence-electron chi connectivity index (χ2n) is 8.84. The molecule has 2 amide bonds. The molecule has 0 unspecified atom stereocenters. The average Bonchev–Trinajstić information content (AvgIpc) is 2.95. The van der Waals surface area contributed by atoms with Crippen molar-refractivity contribution in [1.29, 1.82) is 0 Å². The number of halogens is 6. The van der Waals surface area contributed by atoms with Gasteiger partial charge in [-0.3, -0.25) is 30.0 Å². The molecule has 13 nitrogen and oxygen atoms in total. The van der Waals surface area contributed by atoms with Crippen molar-refractivity contribution >= 4 is 40.2 Å². The molecule has 4 aromatic carbocycles. The van der Waals surface area contributed by atoms with E-state index in [9.17, 15) is 61.6 Å². The number of carbonyl (C=O) groups excluding carboxylic acids is 1. The Hall–Kier alpha value is -6.27. The lowest BCUT2D eigenvalue weighted by Gasteiger charge is -2.33. The SMILES string of the molecule is O=C(N(c1ccc([N+](=O)[O-])cc1O)c1ccc([N+](=O)[O-])cc1O)N(c1ccccc1OC(F)(F)F)c1ccccc1OC(F)(F)F. The van der Waals surface area contributed by atoms with Crippen LogP contribution in [0, 0.1) is 20.2 Å². The first-order valence-electron chi connectivity index (χ1n) is 12.3. The molecule has 2 N–H and O–H groups in total. The van der Waals surface area contributed by atoms with Gasteiger partial charge in [0.1, 0.15) is 11.5 Å². The Labute approximate surface area is 251 Å². The van der Waals surface area contributed by atoms with Crippen LogP contribution in [0.15, 0.2) is 84.9 Å². The van der Waals surface area contributed by atoms with Crippen LogP contribution in [0.25, 0.3) is 0 Å². The molecule has 4 rings (SSSR count). The number of amides is 2. The molecule has 0 radical (unpaired) electrons. The topological polar surface area (TPSA) is 169 Å². The second kappa shape index (κ2) is 12.4. The Balaban J connectivity index is 2.06. The van der Waals surface area contributed by atoms with Crippen LogP contribution < -0.4 is 19.3 Å². The van der Waals surface area contributed by atoms with Crippen LogP contribution in [-0.2, 0) is 0 Å². The highest BCUT2D eigenvalue weighted by molar-refractivity contribution is 6.15. The van der Waals surface area contributed by atoms with Crippen molar-refractivity contribution in [3.8, 4) is 23.0 Å². The Kier molecular flexibility index (Phi) is 8.79. The molecular formula is C27H16F6N4O9. The minimum atomic E-state index is -5.38. The summed E-state index contributed by atoms with van der Waals surface area (Å²) >= 11 is 0. The molecule has 0 aliphatic carbocycles. The van der Waals surface area contributed by atoms with Crippen LogP contribution in [-0.4, -0.2) is 38.8 Å². The van der Waals surface area contributed by atoms with Crippen LogP contribution in [0.3, 0.4) is 0 Å². The summed E-state index contributed by atoms with van der Waals surface area (Å²) < 4.78 is 88.5. The van der Waals surface area contributed by atoms with Gasteiger partial charge in [-0.1, -0.05) is 24.3 Å². The zero-order valence-corrected chi connectivity index (χ0v) is 22.4. The van der Waals surface area contributed by atoms with Crippen LogP contribution in [0.2, 0.25) is 0 Å². The number of ether oxygens (including phenoxy) is 2. The van der Waals surface area contributed by atoms with E-state index in [1.165, 1.54) is 0 Å². The number of non-ortho nitro benzene ring substituents is 2. The molecule has 46 heavy (non-hydrogen) atoms. The van der Waals surface area contributed by atoms with E-state index in [0.717, 1.165) is 72.8 Å². The van der Waals surface area contributed by atoms with Gasteiger partial charge in [0.05, 0.1) is 44.7 Å². The van der Waals surface area contributed by atoms with E-state index in [4.69, 9.17) is 0 Å². The molecular weight excluding hydrogens is 638 g/mol. The molecule has 0 atom stereocenters. The zero-order chi connectivity index (χ0) is 34.0. The molecule has 0 saturated heterocycles. The highest BCUT2D eigenvalue weighted by Gasteiger charge is 2.39. The van der Waals surface area contributed by atoms with Crippen molar-refractivity contribution in [2.45, 2.75) is 12.7 Å². The molecule has 0 spiro atoms. The number of phenols is 2. The lowest BCUT2D eigenvalue weighted by atomic mass is 10.1. The number of anilines is 4. The zero-order valence-electron chi connectivity index (χ0n) is 22.4. The highest BCUT2D eigenvalue weighted by Crippen LogP contribution is 2.46. The van der Waals surface area contributed by atoms with E-state index >= 15 is 0 Å². The Morgan fingerprint density at radius 1 is 0.609 bits per heavy atom. The minimum Gasteiger partial charge on any atom is -0.505 e. The number of aromatic hydroxyl groups is 2. The predicted octanol–water partition coefficient (Wildman–Crippen LogP) is 7.81. The van der Waals surface area contributed by atoms with Crippen LogP contribution >= 0.6 is 0 Å². The number of rotatable bonds is 8. The fraction of sp³-hybridized carbons (Fsp3) is 0.0741. The van der Waals surface area contributed by atoms with Gasteiger partial charge in [-0.2, -0.15) is 0 Å². The molecule has 240 valence electrons. The Morgan fingerprint density at radius 3 is 1.28 bits per heavy atom. The first-order valence-corrected chi connectivity index (χ1v) is 12.3. The van der Waals surface area contributed by atoms with Crippen molar-refractivity contribution in [1.82, 2.24) is 0 Å². The summed E-state index contributed by atoms with van der Waals surface area (Å²) in [5.41, 5.74) is -4.48. The van der Waals surface area contributed by atoms with Crippen molar-refractivity contribution in [3.63, 3.8) is 0 Å². The summed E-state index contributed by atoms with van der Waals surface area (Å²) in [5.74, 6) is -4.27. The van der Waals surface area contributed by atoms with E-state index < -0.39 is 85.7 Å². The molecule has 19 heteroatoms. The first-order chi connectivity index (χ1) is 21.5. The van der Waals surface area contributed by atoms with Gasteiger partial charge in [0.2, 0.25) is 0 Å². The molecule has 0 aliphatic rings. The molecule has 0 aliphatic heterocycles. The number of hydrogen-bond donors (Lipinski definition) is 2. The maximum absolute atomic E-state index is 14.5. The van der Waals surface area contributed by atoms with E-state index in [0.29, 0.717) is 17.0 Å². The molecule has 0 saturated carbocycles. The van der Waals surface area contributed by atoms with Gasteiger partial charge >= 0.3 is 18.8 Å². The van der Waals surface area contributed by atoms with Gasteiger partial charge in [-0.05, 0) is 36.4 Å². The summed E-state index contributed by atoms with van der Waals surface area (Å²) in [6, 6.07) is 10.1. The van der Waals surface area contributed by atoms with Gasteiger partial charge in [0.25, 0.3) is 11.4 Å². The second-order valence-corrected chi connectivity index (χ2v) is 8.84. The van der Waals surface area contributed by atoms with Crippen molar-refractivity contribution in [3.05, 3.63) is 105 Å². The first kappa shape index (κ1) is 32.6. The number of para-hydroxylation sites is 4. The quantitative estimate of drug-likeness (QED) is 0.109. The predicted molar refractivity (Wildman–Crippen MR) is 145 cm³/mol. The van der Waals surface area contributed by atoms with Gasteiger partial charge < -0.3 is 19.7 Å². The summed E-state index contributed by atoms with van der Waals surface area (Å²) in [5, 5.41) is 44.0. The largest absolute Gasteiger partial charge is 0.573 e. The maximum atomic E-state index is 14.5. The number of alkyl halides is 6. The average molecular weight is 654 g/mol. The number of carbonyl (C=O) groups is 1. The number of nitro groups is 2. The number of benzene rings is 4.